The Morgan fingerprint density at radius 3 is 2.79 bits per heavy atom. The van der Waals surface area contributed by atoms with E-state index in [2.05, 4.69) is 22.1 Å². The van der Waals surface area contributed by atoms with E-state index >= 15 is 0 Å². The largest absolute Gasteiger partial charge is 0.497 e. The summed E-state index contributed by atoms with van der Waals surface area (Å²) in [5, 5.41) is 14.5. The average Bonchev–Trinajstić information content (AvgIpc) is 3.01. The van der Waals surface area contributed by atoms with E-state index in [1.807, 2.05) is 18.2 Å². The highest BCUT2D eigenvalue weighted by Gasteiger charge is 2.12. The van der Waals surface area contributed by atoms with Crippen molar-refractivity contribution in [1.29, 1.82) is 0 Å². The molecule has 0 aliphatic heterocycles. The van der Waals surface area contributed by atoms with Crippen molar-refractivity contribution in [2.45, 2.75) is 0 Å². The fraction of sp³-hybridized carbons (Fsp3) is 0.118. The summed E-state index contributed by atoms with van der Waals surface area (Å²) in [6, 6.07) is 10.5. The number of aromatic nitrogens is 1. The number of rotatable bonds is 3. The second-order valence-electron chi connectivity index (χ2n) is 4.84. The maximum absolute atomic E-state index is 11.1. The molecule has 0 atom stereocenters. The zero-order chi connectivity index (χ0) is 17.1. The molecule has 0 amide bonds. The topological polar surface area (TPSA) is 77.3 Å². The van der Waals surface area contributed by atoms with Crippen LogP contribution in [-0.2, 0) is 0 Å². The van der Waals surface area contributed by atoms with Gasteiger partial charge in [-0.2, -0.15) is 0 Å². The SMILES string of the molecule is CNc1ccc(C#Cc2nc3ccc(OC)cc3s2)cc1[N+](=O)[O-]. The highest BCUT2D eigenvalue weighted by atomic mass is 32.1. The summed E-state index contributed by atoms with van der Waals surface area (Å²) in [6.07, 6.45) is 0. The van der Waals surface area contributed by atoms with Crippen LogP contribution in [0.4, 0.5) is 11.4 Å². The van der Waals surface area contributed by atoms with Crippen LogP contribution in [0.2, 0.25) is 0 Å². The van der Waals surface area contributed by atoms with Crippen LogP contribution in [-0.4, -0.2) is 24.1 Å². The van der Waals surface area contributed by atoms with Crippen molar-refractivity contribution in [3.63, 3.8) is 0 Å². The van der Waals surface area contributed by atoms with E-state index in [-0.39, 0.29) is 5.69 Å². The maximum atomic E-state index is 11.1. The fourth-order valence-electron chi connectivity index (χ4n) is 2.18. The minimum absolute atomic E-state index is 0.00154. The van der Waals surface area contributed by atoms with E-state index in [4.69, 9.17) is 4.74 Å². The van der Waals surface area contributed by atoms with Crippen molar-refractivity contribution < 1.29 is 9.66 Å². The van der Waals surface area contributed by atoms with Crippen molar-refractivity contribution in [3.05, 3.63) is 57.1 Å². The average molecular weight is 339 g/mol. The lowest BCUT2D eigenvalue weighted by Crippen LogP contribution is -1.96. The molecule has 3 rings (SSSR count). The number of nitro groups is 1. The van der Waals surface area contributed by atoms with Gasteiger partial charge >= 0.3 is 0 Å². The zero-order valence-electron chi connectivity index (χ0n) is 13.0. The molecule has 1 aromatic heterocycles. The Kier molecular flexibility index (Phi) is 4.31. The molecule has 2 aromatic carbocycles. The van der Waals surface area contributed by atoms with Gasteiger partial charge < -0.3 is 10.1 Å². The van der Waals surface area contributed by atoms with Crippen LogP contribution in [0, 0.1) is 22.0 Å². The molecular weight excluding hydrogens is 326 g/mol. The highest BCUT2D eigenvalue weighted by Crippen LogP contribution is 2.27. The summed E-state index contributed by atoms with van der Waals surface area (Å²) >= 11 is 1.45. The Morgan fingerprint density at radius 1 is 1.25 bits per heavy atom. The van der Waals surface area contributed by atoms with Crippen molar-refractivity contribution in [1.82, 2.24) is 4.98 Å². The van der Waals surface area contributed by atoms with E-state index in [1.54, 1.807) is 26.3 Å². The molecule has 3 aromatic rings. The van der Waals surface area contributed by atoms with Crippen LogP contribution in [0.5, 0.6) is 5.75 Å². The van der Waals surface area contributed by atoms with E-state index in [1.165, 1.54) is 17.4 Å². The van der Waals surface area contributed by atoms with Crippen LogP contribution in [0.25, 0.3) is 10.2 Å². The van der Waals surface area contributed by atoms with Gasteiger partial charge in [-0.25, -0.2) is 4.98 Å². The van der Waals surface area contributed by atoms with Gasteiger partial charge in [0, 0.05) is 18.7 Å². The van der Waals surface area contributed by atoms with E-state index in [9.17, 15) is 10.1 Å². The first-order valence-corrected chi connectivity index (χ1v) is 7.85. The van der Waals surface area contributed by atoms with Gasteiger partial charge in [-0.15, -0.1) is 11.3 Å². The van der Waals surface area contributed by atoms with Crippen LogP contribution < -0.4 is 10.1 Å². The van der Waals surface area contributed by atoms with Crippen molar-refractivity contribution in [2.24, 2.45) is 0 Å². The lowest BCUT2D eigenvalue weighted by atomic mass is 10.2. The van der Waals surface area contributed by atoms with Gasteiger partial charge in [0.25, 0.3) is 5.69 Å². The third-order valence-electron chi connectivity index (χ3n) is 3.37. The third-order valence-corrected chi connectivity index (χ3v) is 4.31. The van der Waals surface area contributed by atoms with Crippen LogP contribution in [0.3, 0.4) is 0 Å². The molecule has 0 saturated carbocycles. The molecule has 0 radical (unpaired) electrons. The predicted molar refractivity (Wildman–Crippen MR) is 94.8 cm³/mol. The number of nitrogens with zero attached hydrogens (tertiary/aromatic N) is 2. The summed E-state index contributed by atoms with van der Waals surface area (Å²) in [7, 11) is 3.26. The highest BCUT2D eigenvalue weighted by molar-refractivity contribution is 7.19. The number of anilines is 1. The molecule has 0 bridgehead atoms. The van der Waals surface area contributed by atoms with Crippen molar-refractivity contribution in [2.75, 3.05) is 19.5 Å². The Morgan fingerprint density at radius 2 is 2.08 bits per heavy atom. The van der Waals surface area contributed by atoms with Gasteiger partial charge in [-0.05, 0) is 36.3 Å². The number of benzene rings is 2. The Balaban J connectivity index is 1.95. The Bertz CT molecular complexity index is 986. The number of hydrogen-bond donors (Lipinski definition) is 1. The molecule has 7 heteroatoms. The third kappa shape index (κ3) is 3.14. The quantitative estimate of drug-likeness (QED) is 0.448. The van der Waals surface area contributed by atoms with E-state index in [0.29, 0.717) is 16.3 Å². The second-order valence-corrected chi connectivity index (χ2v) is 5.87. The summed E-state index contributed by atoms with van der Waals surface area (Å²) in [6.45, 7) is 0. The Labute approximate surface area is 142 Å². The van der Waals surface area contributed by atoms with Gasteiger partial charge in [-0.1, -0.05) is 5.92 Å². The van der Waals surface area contributed by atoms with E-state index < -0.39 is 4.92 Å². The first-order valence-electron chi connectivity index (χ1n) is 7.03. The standard InChI is InChI=1S/C17H13N3O3S/c1-18-13-6-3-11(9-15(13)20(21)22)4-8-17-19-14-7-5-12(23-2)10-16(14)24-17/h3,5-7,9-10,18H,1-2H3. The molecule has 6 nitrogen and oxygen atoms in total. The molecule has 1 N–H and O–H groups in total. The summed E-state index contributed by atoms with van der Waals surface area (Å²) in [5.41, 5.74) is 1.87. The van der Waals surface area contributed by atoms with Gasteiger partial charge in [0.1, 0.15) is 11.4 Å². The number of hydrogen-bond acceptors (Lipinski definition) is 6. The van der Waals surface area contributed by atoms with Crippen LogP contribution >= 0.6 is 11.3 Å². The smallest absolute Gasteiger partial charge is 0.293 e. The molecule has 24 heavy (non-hydrogen) atoms. The Hall–Kier alpha value is -3.11. The number of thiazole rings is 1. The van der Waals surface area contributed by atoms with Gasteiger partial charge in [0.05, 0.1) is 22.2 Å². The molecule has 0 spiro atoms. The molecule has 0 aliphatic carbocycles. The number of fused-ring (bicyclic) bond motifs is 1. The molecule has 0 fully saturated rings. The van der Waals surface area contributed by atoms with Gasteiger partial charge in [0.2, 0.25) is 0 Å². The molecule has 120 valence electrons. The summed E-state index contributed by atoms with van der Waals surface area (Å²) in [4.78, 5) is 15.1. The molecule has 0 saturated heterocycles. The van der Waals surface area contributed by atoms with Crippen LogP contribution in [0.1, 0.15) is 10.6 Å². The monoisotopic (exact) mass is 339 g/mol. The fourth-order valence-corrected chi connectivity index (χ4v) is 3.03. The first-order chi connectivity index (χ1) is 11.6. The lowest BCUT2D eigenvalue weighted by molar-refractivity contribution is -0.384. The minimum Gasteiger partial charge on any atom is -0.497 e. The molecular formula is C17H13N3O3S. The molecule has 0 unspecified atom stereocenters. The van der Waals surface area contributed by atoms with Crippen molar-refractivity contribution >= 4 is 32.9 Å². The maximum Gasteiger partial charge on any atom is 0.293 e. The number of methoxy groups -OCH3 is 1. The van der Waals surface area contributed by atoms with Crippen LogP contribution in [0.15, 0.2) is 36.4 Å². The predicted octanol–water partition coefficient (Wildman–Crippen LogP) is 3.65. The minimum atomic E-state index is -0.430. The van der Waals surface area contributed by atoms with Gasteiger partial charge in [-0.3, -0.25) is 10.1 Å². The molecule has 1 heterocycles. The zero-order valence-corrected chi connectivity index (χ0v) is 13.8. The van der Waals surface area contributed by atoms with E-state index in [0.717, 1.165) is 16.0 Å². The number of ether oxygens (including phenoxy) is 1. The number of nitrogens with one attached hydrogen (secondary N) is 1. The summed E-state index contributed by atoms with van der Waals surface area (Å²) in [5.74, 6) is 6.66. The normalized spacial score (nSPS) is 10.1. The summed E-state index contributed by atoms with van der Waals surface area (Å²) < 4.78 is 6.17. The first kappa shape index (κ1) is 15.8. The molecule has 0 aliphatic rings. The lowest BCUT2D eigenvalue weighted by Gasteiger charge is -2.01. The second kappa shape index (κ2) is 6.56. The van der Waals surface area contributed by atoms with Crippen molar-refractivity contribution in [3.8, 4) is 17.6 Å². The number of nitro benzene ring substituents is 1. The van der Waals surface area contributed by atoms with Gasteiger partial charge in [0.15, 0.2) is 5.01 Å².